The second-order valence-electron chi connectivity index (χ2n) is 7.61. The molecule has 2 amide bonds. The fourth-order valence-corrected chi connectivity index (χ4v) is 3.52. The third-order valence-corrected chi connectivity index (χ3v) is 5.21. The van der Waals surface area contributed by atoms with Crippen molar-refractivity contribution in [2.45, 2.75) is 44.1 Å². The first kappa shape index (κ1) is 20.3. The van der Waals surface area contributed by atoms with Crippen molar-refractivity contribution >= 4 is 11.8 Å². The van der Waals surface area contributed by atoms with Crippen molar-refractivity contribution in [3.05, 3.63) is 65.2 Å². The Morgan fingerprint density at radius 1 is 1.07 bits per heavy atom. The lowest BCUT2D eigenvalue weighted by Crippen LogP contribution is -2.42. The molecule has 1 aliphatic heterocycles. The molecule has 5 nitrogen and oxygen atoms in total. The van der Waals surface area contributed by atoms with Crippen LogP contribution in [0.3, 0.4) is 0 Å². The SMILES string of the molecule is O=C(NCC(F)(F)F)c1ccc(CN(C(=O)[C@@H]2Cc3ccccc3O2)C2CC2)cc1. The number of amides is 2. The Balaban J connectivity index is 1.39. The molecule has 4 rings (SSSR count). The van der Waals surface area contributed by atoms with E-state index < -0.39 is 24.7 Å². The monoisotopic (exact) mass is 418 g/mol. The quantitative estimate of drug-likeness (QED) is 0.782. The van der Waals surface area contributed by atoms with Gasteiger partial charge in [0.25, 0.3) is 11.8 Å². The van der Waals surface area contributed by atoms with Crippen molar-refractivity contribution in [2.24, 2.45) is 0 Å². The first-order chi connectivity index (χ1) is 14.3. The fraction of sp³-hybridized carbons (Fsp3) is 0.364. The molecule has 1 heterocycles. The minimum Gasteiger partial charge on any atom is -0.480 e. The van der Waals surface area contributed by atoms with Gasteiger partial charge in [0.2, 0.25) is 0 Å². The molecule has 8 heteroatoms. The van der Waals surface area contributed by atoms with E-state index in [4.69, 9.17) is 4.74 Å². The predicted molar refractivity (Wildman–Crippen MR) is 103 cm³/mol. The van der Waals surface area contributed by atoms with Crippen LogP contribution >= 0.6 is 0 Å². The maximum atomic E-state index is 13.1. The van der Waals surface area contributed by atoms with Crippen LogP contribution in [0.5, 0.6) is 5.75 Å². The van der Waals surface area contributed by atoms with E-state index in [1.54, 1.807) is 17.0 Å². The number of hydrogen-bond acceptors (Lipinski definition) is 3. The van der Waals surface area contributed by atoms with Gasteiger partial charge in [-0.3, -0.25) is 9.59 Å². The zero-order valence-electron chi connectivity index (χ0n) is 16.1. The van der Waals surface area contributed by atoms with E-state index in [0.717, 1.165) is 29.7 Å². The Morgan fingerprint density at radius 3 is 2.40 bits per heavy atom. The van der Waals surface area contributed by atoms with Gasteiger partial charge in [0, 0.05) is 24.6 Å². The van der Waals surface area contributed by atoms with Gasteiger partial charge >= 0.3 is 6.18 Å². The highest BCUT2D eigenvalue weighted by Gasteiger charge is 2.39. The minimum absolute atomic E-state index is 0.0688. The number of fused-ring (bicyclic) bond motifs is 1. The minimum atomic E-state index is -4.46. The zero-order chi connectivity index (χ0) is 21.3. The van der Waals surface area contributed by atoms with Crippen molar-refractivity contribution in [3.8, 4) is 5.75 Å². The van der Waals surface area contributed by atoms with Gasteiger partial charge in [-0.1, -0.05) is 30.3 Å². The van der Waals surface area contributed by atoms with Gasteiger partial charge in [0.15, 0.2) is 6.10 Å². The van der Waals surface area contributed by atoms with Crippen LogP contribution in [0.15, 0.2) is 48.5 Å². The highest BCUT2D eigenvalue weighted by molar-refractivity contribution is 5.94. The Kier molecular flexibility index (Phi) is 5.40. The van der Waals surface area contributed by atoms with Gasteiger partial charge < -0.3 is 15.0 Å². The number of para-hydroxylation sites is 1. The lowest BCUT2D eigenvalue weighted by atomic mass is 10.1. The Morgan fingerprint density at radius 2 is 1.77 bits per heavy atom. The Hall–Kier alpha value is -3.03. The number of nitrogens with zero attached hydrogens (tertiary/aromatic N) is 1. The van der Waals surface area contributed by atoms with Crippen LogP contribution in [0.4, 0.5) is 13.2 Å². The van der Waals surface area contributed by atoms with Gasteiger partial charge in [-0.2, -0.15) is 13.2 Å². The lowest BCUT2D eigenvalue weighted by Gasteiger charge is -2.25. The van der Waals surface area contributed by atoms with E-state index in [-0.39, 0.29) is 17.5 Å². The van der Waals surface area contributed by atoms with E-state index >= 15 is 0 Å². The predicted octanol–water partition coefficient (Wildman–Crippen LogP) is 3.47. The Bertz CT molecular complexity index is 914. The number of carbonyl (C=O) groups excluding carboxylic acids is 2. The average Bonchev–Trinajstić information content (AvgIpc) is 3.47. The second kappa shape index (κ2) is 8.01. The molecule has 2 aromatic carbocycles. The van der Waals surface area contributed by atoms with Crippen molar-refractivity contribution in [2.75, 3.05) is 6.54 Å². The van der Waals surface area contributed by atoms with E-state index in [1.807, 2.05) is 29.6 Å². The van der Waals surface area contributed by atoms with Crippen LogP contribution in [0.1, 0.15) is 34.3 Å². The summed E-state index contributed by atoms with van der Waals surface area (Å²) in [6, 6.07) is 14.0. The van der Waals surface area contributed by atoms with Gasteiger partial charge in [0.05, 0.1) is 0 Å². The number of halogens is 3. The smallest absolute Gasteiger partial charge is 0.405 e. The maximum Gasteiger partial charge on any atom is 0.405 e. The molecule has 0 aromatic heterocycles. The van der Waals surface area contributed by atoms with E-state index in [2.05, 4.69) is 0 Å². The summed E-state index contributed by atoms with van der Waals surface area (Å²) in [4.78, 5) is 26.7. The third kappa shape index (κ3) is 4.75. The number of hydrogen-bond donors (Lipinski definition) is 1. The summed E-state index contributed by atoms with van der Waals surface area (Å²) in [6.07, 6.45) is -2.60. The van der Waals surface area contributed by atoms with E-state index in [0.29, 0.717) is 13.0 Å². The van der Waals surface area contributed by atoms with E-state index in [9.17, 15) is 22.8 Å². The van der Waals surface area contributed by atoms with Crippen molar-refractivity contribution in [3.63, 3.8) is 0 Å². The summed E-state index contributed by atoms with van der Waals surface area (Å²) in [7, 11) is 0. The molecule has 1 saturated carbocycles. The second-order valence-corrected chi connectivity index (χ2v) is 7.61. The summed E-state index contributed by atoms with van der Waals surface area (Å²) in [5.74, 6) is -0.118. The van der Waals surface area contributed by atoms with Gasteiger partial charge in [0.1, 0.15) is 12.3 Å². The molecule has 0 unspecified atom stereocenters. The average molecular weight is 418 g/mol. The standard InChI is InChI=1S/C22H21F3N2O3/c23-22(24,25)13-26-20(28)15-7-5-14(6-8-15)12-27(17-9-10-17)21(29)19-11-16-3-1-2-4-18(16)30-19/h1-8,17,19H,9-13H2,(H,26,28)/t19-/m0/s1. The molecule has 30 heavy (non-hydrogen) atoms. The molecule has 1 fully saturated rings. The highest BCUT2D eigenvalue weighted by Crippen LogP contribution is 2.33. The molecule has 0 saturated heterocycles. The zero-order valence-corrected chi connectivity index (χ0v) is 16.1. The molecule has 0 spiro atoms. The maximum absolute atomic E-state index is 13.1. The summed E-state index contributed by atoms with van der Waals surface area (Å²) in [6.45, 7) is -1.01. The molecular weight excluding hydrogens is 397 g/mol. The van der Waals surface area contributed by atoms with Crippen LogP contribution in [0.25, 0.3) is 0 Å². The van der Waals surface area contributed by atoms with E-state index in [1.165, 1.54) is 12.1 Å². The largest absolute Gasteiger partial charge is 0.480 e. The molecule has 2 aliphatic rings. The summed E-state index contributed by atoms with van der Waals surface area (Å²) >= 11 is 0. The summed E-state index contributed by atoms with van der Waals surface area (Å²) in [5.41, 5.74) is 1.96. The van der Waals surface area contributed by atoms with Crippen LogP contribution < -0.4 is 10.1 Å². The van der Waals surface area contributed by atoms with Gasteiger partial charge in [-0.25, -0.2) is 0 Å². The number of carbonyl (C=O) groups is 2. The molecular formula is C22H21F3N2O3. The highest BCUT2D eigenvalue weighted by atomic mass is 19.4. The number of ether oxygens (including phenoxy) is 1. The van der Waals surface area contributed by atoms with Crippen LogP contribution in [0.2, 0.25) is 0 Å². The molecule has 1 aliphatic carbocycles. The molecule has 1 N–H and O–H groups in total. The molecule has 2 aromatic rings. The summed E-state index contributed by atoms with van der Waals surface area (Å²) in [5, 5.41) is 1.85. The van der Waals surface area contributed by atoms with Crippen molar-refractivity contribution < 1.29 is 27.5 Å². The molecule has 1 atom stereocenters. The van der Waals surface area contributed by atoms with Crippen LogP contribution in [-0.2, 0) is 17.8 Å². The number of benzene rings is 2. The number of nitrogens with one attached hydrogen (secondary N) is 1. The molecule has 0 bridgehead atoms. The van der Waals surface area contributed by atoms with Crippen LogP contribution in [0, 0.1) is 0 Å². The fourth-order valence-electron chi connectivity index (χ4n) is 3.52. The topological polar surface area (TPSA) is 58.6 Å². The first-order valence-electron chi connectivity index (χ1n) is 9.79. The normalized spacial score (nSPS) is 17.8. The number of rotatable bonds is 6. The van der Waals surface area contributed by atoms with Gasteiger partial charge in [-0.05, 0) is 42.2 Å². The number of alkyl halides is 3. The molecule has 158 valence electrons. The lowest BCUT2D eigenvalue weighted by molar-refractivity contribution is -0.139. The summed E-state index contributed by atoms with van der Waals surface area (Å²) < 4.78 is 42.6. The van der Waals surface area contributed by atoms with Crippen LogP contribution in [-0.4, -0.2) is 41.6 Å². The Labute approximate surface area is 171 Å². The van der Waals surface area contributed by atoms with Crippen molar-refractivity contribution in [1.82, 2.24) is 10.2 Å². The van der Waals surface area contributed by atoms with Crippen molar-refractivity contribution in [1.29, 1.82) is 0 Å². The first-order valence-corrected chi connectivity index (χ1v) is 9.79. The third-order valence-electron chi connectivity index (χ3n) is 5.21. The molecule has 0 radical (unpaired) electrons. The van der Waals surface area contributed by atoms with Gasteiger partial charge in [-0.15, -0.1) is 0 Å².